The molecule has 0 spiro atoms. The molecule has 0 radical (unpaired) electrons. The molecule has 9 heteroatoms. The fourth-order valence-corrected chi connectivity index (χ4v) is 3.27. The molecule has 1 aromatic carbocycles. The van der Waals surface area contributed by atoms with Gasteiger partial charge in [-0.15, -0.1) is 23.7 Å². The number of rotatable bonds is 7. The average molecular weight is 420 g/mol. The number of para-hydroxylation sites is 1. The molecular formula is C19H22ClN5O2S. The summed E-state index contributed by atoms with van der Waals surface area (Å²) in [7, 11) is 1.89. The van der Waals surface area contributed by atoms with E-state index in [0.29, 0.717) is 23.3 Å². The molecule has 1 N–H and O–H groups in total. The van der Waals surface area contributed by atoms with Crippen LogP contribution in [0.15, 0.2) is 40.2 Å². The quantitative estimate of drug-likeness (QED) is 0.624. The summed E-state index contributed by atoms with van der Waals surface area (Å²) in [5.41, 5.74) is 1.51. The zero-order valence-electron chi connectivity index (χ0n) is 15.8. The molecule has 148 valence electrons. The van der Waals surface area contributed by atoms with Crippen molar-refractivity contribution in [3.8, 4) is 0 Å². The minimum absolute atomic E-state index is 0. The molecule has 1 amide bonds. The number of benzene rings is 1. The summed E-state index contributed by atoms with van der Waals surface area (Å²) >= 11 is 1.40. The fourth-order valence-electron chi connectivity index (χ4n) is 2.41. The Morgan fingerprint density at radius 1 is 1.29 bits per heavy atom. The highest BCUT2D eigenvalue weighted by Crippen LogP contribution is 2.29. The molecule has 1 unspecified atom stereocenters. The largest absolute Gasteiger partial charge is 0.335 e. The minimum Gasteiger partial charge on any atom is -0.335 e. The van der Waals surface area contributed by atoms with Crippen molar-refractivity contribution in [1.82, 2.24) is 20.4 Å². The number of hydrogen-bond acceptors (Lipinski definition) is 7. The van der Waals surface area contributed by atoms with Gasteiger partial charge in [0.2, 0.25) is 5.91 Å². The van der Waals surface area contributed by atoms with Crippen molar-refractivity contribution in [2.75, 3.05) is 11.9 Å². The van der Waals surface area contributed by atoms with Crippen LogP contribution < -0.4 is 10.2 Å². The van der Waals surface area contributed by atoms with E-state index in [1.54, 1.807) is 17.1 Å². The lowest BCUT2D eigenvalue weighted by molar-refractivity contribution is -0.115. The van der Waals surface area contributed by atoms with Gasteiger partial charge in [-0.3, -0.25) is 9.69 Å². The highest BCUT2D eigenvalue weighted by atomic mass is 35.5. The third kappa shape index (κ3) is 5.48. The molecule has 0 saturated heterocycles. The standard InChI is InChI=1S/C19H21N5O2S.ClH/c1-13(20-3)11-17-22-18(26-23-17)10-9-15-12-27-19(21-15)24(14(2)25)16-7-5-4-6-8-16;/h4-10,12-13,20H,11H2,1-3H3;1H/b10-9+;. The molecule has 7 nitrogen and oxygen atoms in total. The zero-order valence-corrected chi connectivity index (χ0v) is 17.5. The molecule has 3 aromatic rings. The Labute approximate surface area is 173 Å². The van der Waals surface area contributed by atoms with Crippen molar-refractivity contribution < 1.29 is 9.32 Å². The first-order valence-corrected chi connectivity index (χ1v) is 9.44. The molecule has 0 aliphatic carbocycles. The molecule has 0 fully saturated rings. The summed E-state index contributed by atoms with van der Waals surface area (Å²) in [5, 5.41) is 9.59. The van der Waals surface area contributed by atoms with Gasteiger partial charge in [0.1, 0.15) is 0 Å². The maximum atomic E-state index is 12.1. The summed E-state index contributed by atoms with van der Waals surface area (Å²) in [6.45, 7) is 3.58. The van der Waals surface area contributed by atoms with Gasteiger partial charge in [-0.25, -0.2) is 4.98 Å². The summed E-state index contributed by atoms with van der Waals surface area (Å²) in [5.74, 6) is 0.989. The van der Waals surface area contributed by atoms with Crippen LogP contribution in [0.5, 0.6) is 0 Å². The van der Waals surface area contributed by atoms with Crippen LogP contribution in [0.3, 0.4) is 0 Å². The minimum atomic E-state index is -0.0914. The number of aromatic nitrogens is 3. The van der Waals surface area contributed by atoms with E-state index in [0.717, 1.165) is 11.4 Å². The lowest BCUT2D eigenvalue weighted by Gasteiger charge is -2.17. The summed E-state index contributed by atoms with van der Waals surface area (Å²) < 4.78 is 5.23. The lowest BCUT2D eigenvalue weighted by Crippen LogP contribution is -2.24. The van der Waals surface area contributed by atoms with Crippen molar-refractivity contribution in [3.63, 3.8) is 0 Å². The van der Waals surface area contributed by atoms with Gasteiger partial charge >= 0.3 is 0 Å². The summed E-state index contributed by atoms with van der Waals surface area (Å²) in [6.07, 6.45) is 4.21. The van der Waals surface area contributed by atoms with Crippen molar-refractivity contribution >= 4 is 52.6 Å². The first-order chi connectivity index (χ1) is 13.1. The molecule has 3 rings (SSSR count). The average Bonchev–Trinajstić information content (AvgIpc) is 3.30. The first-order valence-electron chi connectivity index (χ1n) is 8.56. The number of anilines is 2. The first kappa shape index (κ1) is 21.7. The van der Waals surface area contributed by atoms with E-state index in [-0.39, 0.29) is 24.4 Å². The van der Waals surface area contributed by atoms with E-state index >= 15 is 0 Å². The van der Waals surface area contributed by atoms with Gasteiger partial charge < -0.3 is 9.84 Å². The van der Waals surface area contributed by atoms with E-state index in [9.17, 15) is 4.79 Å². The second kappa shape index (κ2) is 10.1. The van der Waals surface area contributed by atoms with Gasteiger partial charge in [0.25, 0.3) is 5.89 Å². The van der Waals surface area contributed by atoms with Gasteiger partial charge in [0.05, 0.1) is 11.4 Å². The lowest BCUT2D eigenvalue weighted by atomic mass is 10.2. The normalized spacial score (nSPS) is 12.0. The number of likely N-dealkylation sites (N-methyl/N-ethyl adjacent to an activating group) is 1. The van der Waals surface area contributed by atoms with Crippen LogP contribution in [-0.2, 0) is 11.2 Å². The van der Waals surface area contributed by atoms with Crippen LogP contribution in [0.1, 0.15) is 31.3 Å². The Kier molecular flexibility index (Phi) is 7.86. The van der Waals surface area contributed by atoms with Crippen molar-refractivity contribution in [2.45, 2.75) is 26.3 Å². The maximum absolute atomic E-state index is 12.1. The number of nitrogens with zero attached hydrogens (tertiary/aromatic N) is 4. The van der Waals surface area contributed by atoms with E-state index in [2.05, 4.69) is 27.4 Å². The Balaban J connectivity index is 0.00000280. The molecule has 28 heavy (non-hydrogen) atoms. The van der Waals surface area contributed by atoms with Gasteiger partial charge in [0.15, 0.2) is 11.0 Å². The molecule has 0 bridgehead atoms. The molecular weight excluding hydrogens is 398 g/mol. The van der Waals surface area contributed by atoms with E-state index in [1.807, 2.05) is 42.8 Å². The Hall–Kier alpha value is -2.55. The van der Waals surface area contributed by atoms with Crippen molar-refractivity contribution in [1.29, 1.82) is 0 Å². The fraction of sp³-hybridized carbons (Fsp3) is 0.263. The van der Waals surface area contributed by atoms with Gasteiger partial charge in [0, 0.05) is 30.8 Å². The summed E-state index contributed by atoms with van der Waals surface area (Å²) in [6, 6.07) is 9.72. The number of halogens is 1. The zero-order chi connectivity index (χ0) is 19.2. The highest BCUT2D eigenvalue weighted by Gasteiger charge is 2.17. The van der Waals surface area contributed by atoms with Crippen LogP contribution in [0.25, 0.3) is 12.2 Å². The van der Waals surface area contributed by atoms with Crippen LogP contribution in [0, 0.1) is 0 Å². The van der Waals surface area contributed by atoms with Crippen molar-refractivity contribution in [3.05, 3.63) is 53.1 Å². The SMILES string of the molecule is CNC(C)Cc1noc(/C=C/c2csc(N(C(C)=O)c3ccccc3)n2)n1.Cl. The Bertz CT molecular complexity index is 925. The van der Waals surface area contributed by atoms with E-state index < -0.39 is 0 Å². The molecule has 0 aliphatic rings. The smallest absolute Gasteiger partial charge is 0.250 e. The summed E-state index contributed by atoms with van der Waals surface area (Å²) in [4.78, 5) is 22.5. The maximum Gasteiger partial charge on any atom is 0.250 e. The highest BCUT2D eigenvalue weighted by molar-refractivity contribution is 7.14. The number of nitrogens with one attached hydrogen (secondary N) is 1. The molecule has 2 heterocycles. The number of carbonyl (C=O) groups excluding carboxylic acids is 1. The third-order valence-electron chi connectivity index (χ3n) is 3.89. The Morgan fingerprint density at radius 3 is 2.71 bits per heavy atom. The van der Waals surface area contributed by atoms with E-state index in [4.69, 9.17) is 4.52 Å². The number of amides is 1. The van der Waals surface area contributed by atoms with Crippen LogP contribution >= 0.6 is 23.7 Å². The third-order valence-corrected chi connectivity index (χ3v) is 4.74. The predicted molar refractivity (Wildman–Crippen MR) is 114 cm³/mol. The number of hydrogen-bond donors (Lipinski definition) is 1. The molecule has 0 saturated carbocycles. The molecule has 0 aliphatic heterocycles. The van der Waals surface area contributed by atoms with Crippen LogP contribution in [-0.4, -0.2) is 34.1 Å². The predicted octanol–water partition coefficient (Wildman–Crippen LogP) is 3.95. The van der Waals surface area contributed by atoms with Gasteiger partial charge in [-0.05, 0) is 32.2 Å². The molecule has 1 atom stereocenters. The second-order valence-electron chi connectivity index (χ2n) is 6.02. The molecule has 2 aromatic heterocycles. The van der Waals surface area contributed by atoms with Crippen molar-refractivity contribution in [2.24, 2.45) is 0 Å². The Morgan fingerprint density at radius 2 is 2.04 bits per heavy atom. The van der Waals surface area contributed by atoms with Crippen LogP contribution in [0.4, 0.5) is 10.8 Å². The van der Waals surface area contributed by atoms with Crippen LogP contribution in [0.2, 0.25) is 0 Å². The topological polar surface area (TPSA) is 84.2 Å². The van der Waals surface area contributed by atoms with Gasteiger partial charge in [-0.1, -0.05) is 23.4 Å². The van der Waals surface area contributed by atoms with E-state index in [1.165, 1.54) is 18.3 Å². The second-order valence-corrected chi connectivity index (χ2v) is 6.86. The number of carbonyl (C=O) groups is 1. The van der Waals surface area contributed by atoms with Gasteiger partial charge in [-0.2, -0.15) is 4.98 Å². The monoisotopic (exact) mass is 419 g/mol. The number of thiazole rings is 1.